The minimum absolute atomic E-state index is 0.177. The number of thioether (sulfide) groups is 1. The van der Waals surface area contributed by atoms with Gasteiger partial charge in [-0.2, -0.15) is 13.2 Å². The largest absolute Gasteiger partial charge is 0.501 e. The summed E-state index contributed by atoms with van der Waals surface area (Å²) < 4.78 is 65.6. The number of sulfone groups is 1. The van der Waals surface area contributed by atoms with E-state index in [0.29, 0.717) is 28.9 Å². The van der Waals surface area contributed by atoms with E-state index in [1.54, 1.807) is 0 Å². The molecule has 0 aliphatic carbocycles. The highest BCUT2D eigenvalue weighted by Crippen LogP contribution is 2.36. The van der Waals surface area contributed by atoms with Crippen molar-refractivity contribution in [1.82, 2.24) is 0 Å². The van der Waals surface area contributed by atoms with Gasteiger partial charge in [-0.25, -0.2) is 8.42 Å². The number of hydrogen-bond donors (Lipinski definition) is 0. The predicted molar refractivity (Wildman–Crippen MR) is 94.1 cm³/mol. The van der Waals surface area contributed by atoms with Crippen LogP contribution in [0, 0.1) is 10.1 Å². The van der Waals surface area contributed by atoms with E-state index in [1.165, 1.54) is 24.3 Å². The van der Waals surface area contributed by atoms with E-state index in [-0.39, 0.29) is 10.6 Å². The lowest BCUT2D eigenvalue weighted by Gasteiger charge is -2.09. The second-order valence-electron chi connectivity index (χ2n) is 5.05. The lowest BCUT2D eigenvalue weighted by Crippen LogP contribution is -2.23. The Morgan fingerprint density at radius 2 is 1.79 bits per heavy atom. The van der Waals surface area contributed by atoms with E-state index in [9.17, 15) is 36.5 Å². The third-order valence-electron chi connectivity index (χ3n) is 3.13. The topological polar surface area (TPSA) is 104 Å². The van der Waals surface area contributed by atoms with Gasteiger partial charge >= 0.3 is 11.5 Å². The molecule has 150 valence electrons. The van der Waals surface area contributed by atoms with Crippen LogP contribution < -0.4 is 4.74 Å². The molecular formula is C15H9ClF3NO6S2. The molecule has 0 saturated heterocycles. The quantitative estimate of drug-likeness (QED) is 0.211. The first-order chi connectivity index (χ1) is 12.9. The summed E-state index contributed by atoms with van der Waals surface area (Å²) >= 11 is 6.30. The Labute approximate surface area is 165 Å². The van der Waals surface area contributed by atoms with Crippen molar-refractivity contribution in [2.24, 2.45) is 0 Å². The maximum Gasteiger partial charge on any atom is 0.501 e. The number of nitro benzene ring substituents is 1. The minimum atomic E-state index is -5.74. The fourth-order valence-corrected chi connectivity index (χ4v) is 3.55. The van der Waals surface area contributed by atoms with Gasteiger partial charge in [-0.15, -0.1) is 11.8 Å². The van der Waals surface area contributed by atoms with Crippen LogP contribution in [0.2, 0.25) is 5.02 Å². The van der Waals surface area contributed by atoms with Gasteiger partial charge in [0.05, 0.1) is 20.5 Å². The summed E-state index contributed by atoms with van der Waals surface area (Å²) in [5, 5.41) is 11.5. The highest BCUT2D eigenvalue weighted by atomic mass is 35.5. The van der Waals surface area contributed by atoms with Crippen molar-refractivity contribution in [2.45, 2.75) is 15.3 Å². The van der Waals surface area contributed by atoms with Crippen LogP contribution in [0.1, 0.15) is 0 Å². The van der Waals surface area contributed by atoms with Gasteiger partial charge in [0.1, 0.15) is 5.75 Å². The van der Waals surface area contributed by atoms with Crippen LogP contribution in [-0.4, -0.2) is 30.6 Å². The molecule has 13 heteroatoms. The van der Waals surface area contributed by atoms with Crippen molar-refractivity contribution in [3.8, 4) is 5.75 Å². The van der Waals surface area contributed by atoms with Crippen LogP contribution in [0.5, 0.6) is 5.75 Å². The second kappa shape index (κ2) is 8.37. The summed E-state index contributed by atoms with van der Waals surface area (Å²) in [6.07, 6.45) is 0. The summed E-state index contributed by atoms with van der Waals surface area (Å²) in [5.41, 5.74) is -6.48. The number of rotatable bonds is 6. The molecule has 0 unspecified atom stereocenters. The average molecular weight is 456 g/mol. The number of esters is 1. The Balaban J connectivity index is 2.18. The van der Waals surface area contributed by atoms with Gasteiger partial charge in [-0.05, 0) is 36.4 Å². The summed E-state index contributed by atoms with van der Waals surface area (Å²) in [5.74, 6) is -1.01. The zero-order chi connectivity index (χ0) is 21.1. The molecule has 2 aromatic rings. The number of alkyl halides is 3. The molecule has 28 heavy (non-hydrogen) atoms. The number of benzene rings is 2. The third kappa shape index (κ3) is 5.14. The van der Waals surface area contributed by atoms with Crippen LogP contribution >= 0.6 is 23.4 Å². The van der Waals surface area contributed by atoms with Crippen LogP contribution in [0.3, 0.4) is 0 Å². The Morgan fingerprint density at radius 3 is 2.32 bits per heavy atom. The van der Waals surface area contributed by atoms with Gasteiger partial charge in [0, 0.05) is 11.1 Å². The number of nitro groups is 1. The number of carbonyl (C=O) groups is 1. The molecule has 7 nitrogen and oxygen atoms in total. The first-order valence-electron chi connectivity index (χ1n) is 7.10. The smallest absolute Gasteiger partial charge is 0.426 e. The van der Waals surface area contributed by atoms with Gasteiger partial charge in [0.15, 0.2) is 0 Å². The van der Waals surface area contributed by atoms with E-state index in [2.05, 4.69) is 0 Å². The van der Waals surface area contributed by atoms with Crippen molar-refractivity contribution in [3.63, 3.8) is 0 Å². The van der Waals surface area contributed by atoms with Crippen molar-refractivity contribution < 1.29 is 36.0 Å². The molecule has 0 heterocycles. The van der Waals surface area contributed by atoms with Crippen molar-refractivity contribution in [1.29, 1.82) is 0 Å². The average Bonchev–Trinajstić information content (AvgIpc) is 2.60. The highest BCUT2D eigenvalue weighted by Gasteiger charge is 2.47. The predicted octanol–water partition coefficient (Wildman–Crippen LogP) is 4.24. The standard InChI is InChI=1S/C15H9ClF3NO6S2/c16-9-1-3-10(4-2-9)26-14(21)8-27-13-6-5-11(7-12(13)20(22)23)28(24,25)15(17,18)19/h1-7H,8H2. The minimum Gasteiger partial charge on any atom is -0.426 e. The lowest BCUT2D eigenvalue weighted by atomic mass is 10.3. The first kappa shape index (κ1) is 22.0. The molecule has 0 N–H and O–H groups in total. The second-order valence-corrected chi connectivity index (χ2v) is 8.45. The SMILES string of the molecule is O=C(CSc1ccc(S(=O)(=O)C(F)(F)F)cc1[N+](=O)[O-])Oc1ccc(Cl)cc1. The lowest BCUT2D eigenvalue weighted by molar-refractivity contribution is -0.388. The normalized spacial score (nSPS) is 11.9. The fourth-order valence-electron chi connectivity index (χ4n) is 1.86. The van der Waals surface area contributed by atoms with E-state index >= 15 is 0 Å². The van der Waals surface area contributed by atoms with Crippen molar-refractivity contribution in [3.05, 3.63) is 57.6 Å². The number of halogens is 4. The molecule has 2 rings (SSSR count). The fraction of sp³-hybridized carbons (Fsp3) is 0.133. The van der Waals surface area contributed by atoms with E-state index in [1.807, 2.05) is 0 Å². The Morgan fingerprint density at radius 1 is 1.18 bits per heavy atom. The van der Waals surface area contributed by atoms with Crippen LogP contribution in [-0.2, 0) is 14.6 Å². The molecular weight excluding hydrogens is 447 g/mol. The Hall–Kier alpha value is -2.31. The molecule has 2 aromatic carbocycles. The number of hydrogen-bond acceptors (Lipinski definition) is 7. The number of carbonyl (C=O) groups excluding carboxylic acids is 1. The monoisotopic (exact) mass is 455 g/mol. The third-order valence-corrected chi connectivity index (χ3v) is 5.91. The molecule has 0 saturated carbocycles. The van der Waals surface area contributed by atoms with E-state index in [0.717, 1.165) is 6.07 Å². The van der Waals surface area contributed by atoms with Crippen LogP contribution in [0.15, 0.2) is 52.3 Å². The van der Waals surface area contributed by atoms with Gasteiger partial charge in [-0.3, -0.25) is 14.9 Å². The van der Waals surface area contributed by atoms with Gasteiger partial charge in [0.25, 0.3) is 15.5 Å². The summed E-state index contributed by atoms with van der Waals surface area (Å²) in [7, 11) is -5.74. The van der Waals surface area contributed by atoms with Crippen LogP contribution in [0.4, 0.5) is 18.9 Å². The maximum absolute atomic E-state index is 12.6. The summed E-state index contributed by atoms with van der Waals surface area (Å²) in [6, 6.07) is 7.51. The Kier molecular flexibility index (Phi) is 6.57. The zero-order valence-corrected chi connectivity index (χ0v) is 15.9. The number of ether oxygens (including phenoxy) is 1. The van der Waals surface area contributed by atoms with Crippen molar-refractivity contribution >= 4 is 44.9 Å². The maximum atomic E-state index is 12.6. The van der Waals surface area contributed by atoms with E-state index < -0.39 is 42.6 Å². The van der Waals surface area contributed by atoms with Gasteiger partial charge in [0.2, 0.25) is 0 Å². The first-order valence-corrected chi connectivity index (χ1v) is 9.95. The molecule has 0 fully saturated rings. The molecule has 0 aliphatic heterocycles. The number of nitrogens with zero attached hydrogens (tertiary/aromatic N) is 1. The highest BCUT2D eigenvalue weighted by molar-refractivity contribution is 8.00. The molecule has 0 spiro atoms. The Bertz CT molecular complexity index is 1010. The molecule has 0 atom stereocenters. The summed E-state index contributed by atoms with van der Waals surface area (Å²) in [4.78, 5) is 20.4. The molecule has 0 aromatic heterocycles. The van der Waals surface area contributed by atoms with Crippen LogP contribution in [0.25, 0.3) is 0 Å². The zero-order valence-electron chi connectivity index (χ0n) is 13.5. The van der Waals surface area contributed by atoms with Crippen molar-refractivity contribution in [2.75, 3.05) is 5.75 Å². The molecule has 0 amide bonds. The molecule has 0 bridgehead atoms. The van der Waals surface area contributed by atoms with Gasteiger partial charge in [-0.1, -0.05) is 11.6 Å². The summed E-state index contributed by atoms with van der Waals surface area (Å²) in [6.45, 7) is 0. The van der Waals surface area contributed by atoms with Gasteiger partial charge < -0.3 is 4.74 Å². The van der Waals surface area contributed by atoms with E-state index in [4.69, 9.17) is 16.3 Å². The molecule has 0 radical (unpaired) electrons. The molecule has 0 aliphatic rings.